The van der Waals surface area contributed by atoms with E-state index in [-0.39, 0.29) is 25.0 Å². The normalized spacial score (nSPS) is 12.2. The van der Waals surface area contributed by atoms with E-state index in [1.54, 1.807) is 4.57 Å². The van der Waals surface area contributed by atoms with Gasteiger partial charge in [-0.3, -0.25) is 4.79 Å². The highest BCUT2D eigenvalue weighted by molar-refractivity contribution is 5.75. The Balaban J connectivity index is 2.57. The van der Waals surface area contributed by atoms with Crippen LogP contribution in [0.2, 0.25) is 0 Å². The van der Waals surface area contributed by atoms with Gasteiger partial charge in [0.25, 0.3) is 0 Å². The van der Waals surface area contributed by atoms with Crippen LogP contribution in [0.15, 0.2) is 18.5 Å². The Kier molecular flexibility index (Phi) is 4.73. The molecule has 0 bridgehead atoms. The van der Waals surface area contributed by atoms with Crippen LogP contribution in [0.4, 0.5) is 0 Å². The van der Waals surface area contributed by atoms with Crippen LogP contribution >= 0.6 is 0 Å². The number of hydrogen-bond donors (Lipinski definition) is 2. The summed E-state index contributed by atoms with van der Waals surface area (Å²) in [5, 5.41) is 10.8. The van der Waals surface area contributed by atoms with Crippen molar-refractivity contribution in [3.63, 3.8) is 0 Å². The molecule has 1 rings (SSSR count). The van der Waals surface area contributed by atoms with Gasteiger partial charge in [0, 0.05) is 18.4 Å². The molecule has 1 unspecified atom stereocenters. The van der Waals surface area contributed by atoms with Crippen LogP contribution in [0, 0.1) is 17.2 Å². The molecule has 1 atom stereocenters. The second-order valence-corrected chi connectivity index (χ2v) is 4.32. The highest BCUT2D eigenvalue weighted by atomic mass is 16.1. The van der Waals surface area contributed by atoms with Gasteiger partial charge in [-0.15, -0.1) is 0 Å². The molecule has 92 valence electrons. The summed E-state index contributed by atoms with van der Waals surface area (Å²) in [6.07, 6.45) is 3.69. The van der Waals surface area contributed by atoms with E-state index in [0.29, 0.717) is 5.92 Å². The number of rotatable bonds is 5. The second kappa shape index (κ2) is 6.06. The summed E-state index contributed by atoms with van der Waals surface area (Å²) in [5.41, 5.74) is 7.03. The second-order valence-electron chi connectivity index (χ2n) is 4.32. The maximum atomic E-state index is 11.4. The zero-order chi connectivity index (χ0) is 12.8. The maximum absolute atomic E-state index is 11.4. The number of carbonyl (C=O) groups excluding carboxylic acids is 1. The zero-order valence-electron chi connectivity index (χ0n) is 10.2. The first-order chi connectivity index (χ1) is 8.04. The molecule has 17 heavy (non-hydrogen) atoms. The topological polar surface area (TPSA) is 83.8 Å². The molecule has 0 aliphatic rings. The molecule has 0 saturated carbocycles. The van der Waals surface area contributed by atoms with E-state index in [1.165, 1.54) is 0 Å². The Morgan fingerprint density at radius 1 is 1.65 bits per heavy atom. The van der Waals surface area contributed by atoms with Crippen molar-refractivity contribution in [2.45, 2.75) is 26.4 Å². The van der Waals surface area contributed by atoms with Crippen molar-refractivity contribution in [2.75, 3.05) is 6.54 Å². The molecule has 0 fully saturated rings. The SMILES string of the molecule is CC(C)C(N)c1ccn(CC(=O)NCC#N)c1. The van der Waals surface area contributed by atoms with E-state index in [1.807, 2.05) is 24.5 Å². The van der Waals surface area contributed by atoms with Crippen LogP contribution in [0.1, 0.15) is 25.5 Å². The molecule has 0 aliphatic carbocycles. The lowest BCUT2D eigenvalue weighted by Gasteiger charge is -2.13. The first-order valence-corrected chi connectivity index (χ1v) is 5.59. The van der Waals surface area contributed by atoms with E-state index < -0.39 is 0 Å². The van der Waals surface area contributed by atoms with E-state index in [2.05, 4.69) is 19.2 Å². The smallest absolute Gasteiger partial charge is 0.240 e. The molecule has 0 saturated heterocycles. The third kappa shape index (κ3) is 3.93. The van der Waals surface area contributed by atoms with Crippen molar-refractivity contribution in [3.8, 4) is 6.07 Å². The molecule has 1 amide bonds. The average molecular weight is 234 g/mol. The summed E-state index contributed by atoms with van der Waals surface area (Å²) in [6.45, 7) is 4.37. The zero-order valence-corrected chi connectivity index (χ0v) is 10.2. The Labute approximate surface area is 101 Å². The van der Waals surface area contributed by atoms with Crippen LogP contribution in [0.5, 0.6) is 0 Å². The minimum Gasteiger partial charge on any atom is -0.345 e. The minimum absolute atomic E-state index is 0.0154. The summed E-state index contributed by atoms with van der Waals surface area (Å²) in [4.78, 5) is 11.4. The van der Waals surface area contributed by atoms with Crippen LogP contribution in [0.25, 0.3) is 0 Å². The van der Waals surface area contributed by atoms with Crippen molar-refractivity contribution in [1.82, 2.24) is 9.88 Å². The Hall–Kier alpha value is -1.80. The highest BCUT2D eigenvalue weighted by Crippen LogP contribution is 2.18. The van der Waals surface area contributed by atoms with Crippen molar-refractivity contribution >= 4 is 5.91 Å². The van der Waals surface area contributed by atoms with Crippen LogP contribution in [-0.4, -0.2) is 17.0 Å². The van der Waals surface area contributed by atoms with Gasteiger partial charge < -0.3 is 15.6 Å². The van der Waals surface area contributed by atoms with Gasteiger partial charge in [-0.25, -0.2) is 0 Å². The Morgan fingerprint density at radius 2 is 2.35 bits per heavy atom. The Bertz CT molecular complexity index is 416. The number of amides is 1. The number of nitrogens with two attached hydrogens (primary N) is 1. The van der Waals surface area contributed by atoms with Crippen molar-refractivity contribution in [3.05, 3.63) is 24.0 Å². The predicted molar refractivity (Wildman–Crippen MR) is 64.8 cm³/mol. The lowest BCUT2D eigenvalue weighted by molar-refractivity contribution is -0.121. The number of nitrogens with one attached hydrogen (secondary N) is 1. The number of carbonyl (C=O) groups is 1. The molecule has 1 heterocycles. The molecule has 0 radical (unpaired) electrons. The van der Waals surface area contributed by atoms with Crippen LogP contribution < -0.4 is 11.1 Å². The van der Waals surface area contributed by atoms with Gasteiger partial charge >= 0.3 is 0 Å². The fraction of sp³-hybridized carbons (Fsp3) is 0.500. The van der Waals surface area contributed by atoms with Gasteiger partial charge in [-0.05, 0) is 17.5 Å². The first-order valence-electron chi connectivity index (χ1n) is 5.59. The van der Waals surface area contributed by atoms with Gasteiger partial charge in [-0.2, -0.15) is 5.26 Å². The fourth-order valence-electron chi connectivity index (χ4n) is 1.50. The summed E-state index contributed by atoms with van der Waals surface area (Å²) >= 11 is 0. The van der Waals surface area contributed by atoms with E-state index in [9.17, 15) is 4.79 Å². The fourth-order valence-corrected chi connectivity index (χ4v) is 1.50. The lowest BCUT2D eigenvalue weighted by atomic mass is 10.00. The molecular formula is C12H18N4O. The number of nitriles is 1. The van der Waals surface area contributed by atoms with Crippen molar-refractivity contribution in [2.24, 2.45) is 11.7 Å². The van der Waals surface area contributed by atoms with E-state index in [4.69, 9.17) is 11.0 Å². The molecule has 1 aromatic heterocycles. The molecule has 0 aromatic carbocycles. The summed E-state index contributed by atoms with van der Waals surface area (Å²) in [6, 6.07) is 3.77. The molecular weight excluding hydrogens is 216 g/mol. The molecule has 3 N–H and O–H groups in total. The molecule has 5 nitrogen and oxygen atoms in total. The number of aromatic nitrogens is 1. The van der Waals surface area contributed by atoms with E-state index in [0.717, 1.165) is 5.56 Å². The number of nitrogens with zero attached hydrogens (tertiary/aromatic N) is 2. The first kappa shape index (κ1) is 13.3. The van der Waals surface area contributed by atoms with Crippen LogP contribution in [-0.2, 0) is 11.3 Å². The van der Waals surface area contributed by atoms with Crippen LogP contribution in [0.3, 0.4) is 0 Å². The van der Waals surface area contributed by atoms with E-state index >= 15 is 0 Å². The molecule has 0 aliphatic heterocycles. The predicted octanol–water partition coefficient (Wildman–Crippen LogP) is 0.784. The molecule has 5 heteroatoms. The highest BCUT2D eigenvalue weighted by Gasteiger charge is 2.12. The van der Waals surface area contributed by atoms with Gasteiger partial charge in [0.05, 0.1) is 6.07 Å². The molecule has 1 aromatic rings. The monoisotopic (exact) mass is 234 g/mol. The maximum Gasteiger partial charge on any atom is 0.240 e. The summed E-state index contributed by atoms with van der Waals surface area (Å²) in [5.74, 6) is 0.185. The standard InChI is InChI=1S/C12H18N4O/c1-9(2)12(14)10-3-6-16(7-10)8-11(17)15-5-4-13/h3,6-7,9,12H,5,8,14H2,1-2H3,(H,15,17). The van der Waals surface area contributed by atoms with Gasteiger partial charge in [0.15, 0.2) is 0 Å². The summed E-state index contributed by atoms with van der Waals surface area (Å²) < 4.78 is 1.77. The minimum atomic E-state index is -0.174. The van der Waals surface area contributed by atoms with Gasteiger partial charge in [0.2, 0.25) is 5.91 Å². The third-order valence-corrected chi connectivity index (χ3v) is 2.57. The quantitative estimate of drug-likeness (QED) is 0.738. The number of hydrogen-bond acceptors (Lipinski definition) is 3. The largest absolute Gasteiger partial charge is 0.345 e. The Morgan fingerprint density at radius 3 is 2.94 bits per heavy atom. The van der Waals surface area contributed by atoms with Gasteiger partial charge in [-0.1, -0.05) is 13.8 Å². The van der Waals surface area contributed by atoms with Crippen molar-refractivity contribution in [1.29, 1.82) is 5.26 Å². The van der Waals surface area contributed by atoms with Crippen molar-refractivity contribution < 1.29 is 4.79 Å². The molecule has 0 spiro atoms. The summed E-state index contributed by atoms with van der Waals surface area (Å²) in [7, 11) is 0. The average Bonchev–Trinajstić information content (AvgIpc) is 2.73. The third-order valence-electron chi connectivity index (χ3n) is 2.57. The van der Waals surface area contributed by atoms with Gasteiger partial charge in [0.1, 0.15) is 13.1 Å². The lowest BCUT2D eigenvalue weighted by Crippen LogP contribution is -2.27.